The predicted octanol–water partition coefficient (Wildman–Crippen LogP) is -0.330. The van der Waals surface area contributed by atoms with Crippen LogP contribution in [0.3, 0.4) is 0 Å². The Bertz CT molecular complexity index is 365. The Kier molecular flexibility index (Phi) is 7.32. The van der Waals surface area contributed by atoms with Crippen molar-refractivity contribution >= 4 is 20.7 Å². The van der Waals surface area contributed by atoms with Crippen LogP contribution in [-0.2, 0) is 20.7 Å². The molecule has 0 spiro atoms. The topological polar surface area (TPSA) is 132 Å². The summed E-state index contributed by atoms with van der Waals surface area (Å²) in [5.74, 6) is 0. The second-order valence-corrected chi connectivity index (χ2v) is 5.41. The fraction of sp³-hybridized carbons (Fsp3) is 1.00. The van der Waals surface area contributed by atoms with Crippen molar-refractivity contribution < 1.29 is 34.4 Å². The van der Waals surface area contributed by atoms with Gasteiger partial charge >= 0.3 is 10.3 Å². The normalized spacial score (nSPS) is 12.9. The summed E-state index contributed by atoms with van der Waals surface area (Å²) in [6, 6.07) is 0. The van der Waals surface area contributed by atoms with Crippen LogP contribution < -0.4 is 0 Å². The standard InChI is InChI=1S/C6H15NO3S.H2O4S/c1-4-7(5-2,6-3)11(8,9)10;1-5(2,3)4/h4-6H2,1-3H3;(H2,1,2,3,4). The fourth-order valence-corrected chi connectivity index (χ4v) is 2.14. The van der Waals surface area contributed by atoms with Crippen LogP contribution in [0.5, 0.6) is 0 Å². The maximum absolute atomic E-state index is 10.9. The van der Waals surface area contributed by atoms with E-state index in [2.05, 4.69) is 0 Å². The van der Waals surface area contributed by atoms with Gasteiger partial charge in [0.25, 0.3) is 0 Å². The molecule has 0 aromatic carbocycles. The second kappa shape index (κ2) is 6.47. The van der Waals surface area contributed by atoms with Gasteiger partial charge in [-0.15, -0.1) is 8.42 Å². The second-order valence-electron chi connectivity index (χ2n) is 2.88. The van der Waals surface area contributed by atoms with E-state index in [1.807, 2.05) is 0 Å². The molecule has 100 valence electrons. The largest absolute Gasteiger partial charge is 0.726 e. The Hall–Kier alpha value is -0.260. The van der Waals surface area contributed by atoms with Gasteiger partial charge in [0.2, 0.25) is 10.4 Å². The van der Waals surface area contributed by atoms with E-state index in [9.17, 15) is 8.42 Å². The summed E-state index contributed by atoms with van der Waals surface area (Å²) < 4.78 is 63.2. The fourth-order valence-electron chi connectivity index (χ4n) is 1.16. The maximum atomic E-state index is 10.9. The van der Waals surface area contributed by atoms with Gasteiger partial charge in [-0.25, -0.2) is 13.0 Å². The Morgan fingerprint density at radius 2 is 1.12 bits per heavy atom. The average Bonchev–Trinajstić information content (AvgIpc) is 2.02. The number of nitrogens with zero attached hydrogens (tertiary/aromatic N) is 1. The first-order valence-corrected chi connectivity index (χ1v) is 7.21. The third-order valence-electron chi connectivity index (χ3n) is 2.22. The molecule has 0 saturated carbocycles. The van der Waals surface area contributed by atoms with Crippen LogP contribution in [0, 0.1) is 0 Å². The van der Waals surface area contributed by atoms with Crippen molar-refractivity contribution in [2.24, 2.45) is 0 Å². The molecule has 16 heavy (non-hydrogen) atoms. The van der Waals surface area contributed by atoms with Crippen molar-refractivity contribution in [3.05, 3.63) is 0 Å². The average molecular weight is 279 g/mol. The van der Waals surface area contributed by atoms with Crippen LogP contribution in [-0.4, -0.2) is 54.0 Å². The maximum Gasteiger partial charge on any atom is 0.432 e. The number of rotatable bonds is 4. The first-order valence-electron chi connectivity index (χ1n) is 4.45. The summed E-state index contributed by atoms with van der Waals surface area (Å²) in [6.07, 6.45) is 0. The highest BCUT2D eigenvalue weighted by Gasteiger charge is 2.35. The third kappa shape index (κ3) is 7.09. The molecular formula is C6H17NO7S2. The summed E-state index contributed by atoms with van der Waals surface area (Å²) in [7, 11) is -8.86. The smallest absolute Gasteiger partial charge is 0.432 e. The zero-order valence-electron chi connectivity index (χ0n) is 9.32. The predicted molar refractivity (Wildman–Crippen MR) is 55.8 cm³/mol. The Morgan fingerprint density at radius 3 is 1.12 bits per heavy atom. The zero-order chi connectivity index (χ0) is 13.6. The van der Waals surface area contributed by atoms with E-state index in [0.717, 1.165) is 0 Å². The number of hydrogen-bond donors (Lipinski definition) is 2. The lowest BCUT2D eigenvalue weighted by Gasteiger charge is -2.29. The Morgan fingerprint density at radius 1 is 0.938 bits per heavy atom. The molecule has 0 fully saturated rings. The molecule has 0 heterocycles. The summed E-state index contributed by atoms with van der Waals surface area (Å²) >= 11 is 0. The van der Waals surface area contributed by atoms with Crippen LogP contribution in [0.2, 0.25) is 0 Å². The lowest BCUT2D eigenvalue weighted by Crippen LogP contribution is -2.51. The quantitative estimate of drug-likeness (QED) is 0.409. The van der Waals surface area contributed by atoms with Crippen molar-refractivity contribution in [3.8, 4) is 0 Å². The molecule has 0 aromatic rings. The minimum absolute atomic E-state index is 0.243. The number of hydrogen-bond acceptors (Lipinski definition) is 5. The first kappa shape index (κ1) is 18.1. The molecule has 10 heteroatoms. The number of quaternary nitrogens is 1. The van der Waals surface area contributed by atoms with Crippen LogP contribution in [0.4, 0.5) is 0 Å². The highest BCUT2D eigenvalue weighted by atomic mass is 32.3. The van der Waals surface area contributed by atoms with Crippen molar-refractivity contribution in [3.63, 3.8) is 0 Å². The molecule has 0 bridgehead atoms. The SMILES string of the molecule is CC[N+](CC)(CC)S(=O)(=O)O.O=S(=O)([O-])O. The van der Waals surface area contributed by atoms with Crippen molar-refractivity contribution in [1.82, 2.24) is 0 Å². The minimum atomic E-state index is -4.92. The van der Waals surface area contributed by atoms with Gasteiger partial charge in [0.05, 0.1) is 19.6 Å². The molecular weight excluding hydrogens is 262 g/mol. The molecule has 0 atom stereocenters. The van der Waals surface area contributed by atoms with Crippen molar-refractivity contribution in [2.45, 2.75) is 20.8 Å². The lowest BCUT2D eigenvalue weighted by atomic mass is 10.5. The van der Waals surface area contributed by atoms with Gasteiger partial charge in [-0.2, -0.15) is 3.89 Å². The Balaban J connectivity index is 0. The van der Waals surface area contributed by atoms with E-state index in [1.54, 1.807) is 20.8 Å². The van der Waals surface area contributed by atoms with Crippen LogP contribution in [0.25, 0.3) is 0 Å². The van der Waals surface area contributed by atoms with E-state index in [1.165, 1.54) is 0 Å². The Labute approximate surface area is 95.9 Å². The molecule has 0 rings (SSSR count). The summed E-state index contributed by atoms with van der Waals surface area (Å²) in [6.45, 7) is 6.48. The van der Waals surface area contributed by atoms with Crippen LogP contribution in [0.15, 0.2) is 0 Å². The van der Waals surface area contributed by atoms with E-state index >= 15 is 0 Å². The van der Waals surface area contributed by atoms with Crippen LogP contribution in [0.1, 0.15) is 20.8 Å². The van der Waals surface area contributed by atoms with Gasteiger partial charge in [0, 0.05) is 0 Å². The molecule has 0 saturated heterocycles. The summed E-state index contributed by atoms with van der Waals surface area (Å²) in [5.41, 5.74) is 0. The van der Waals surface area contributed by atoms with Gasteiger partial charge < -0.3 is 4.55 Å². The third-order valence-corrected chi connectivity index (χ3v) is 3.97. The van der Waals surface area contributed by atoms with Gasteiger partial charge in [-0.1, -0.05) is 0 Å². The molecule has 0 amide bonds. The molecule has 0 unspecified atom stereocenters. The molecule has 0 radical (unpaired) electrons. The molecule has 0 aliphatic heterocycles. The first-order chi connectivity index (χ1) is 6.93. The summed E-state index contributed by atoms with van der Waals surface area (Å²) in [5, 5.41) is 0. The molecule has 0 aromatic heterocycles. The van der Waals surface area contributed by atoms with E-state index in [4.69, 9.17) is 22.1 Å². The van der Waals surface area contributed by atoms with Gasteiger partial charge in [0.15, 0.2) is 0 Å². The van der Waals surface area contributed by atoms with Crippen molar-refractivity contribution in [1.29, 1.82) is 0 Å². The van der Waals surface area contributed by atoms with E-state index < -0.39 is 20.7 Å². The van der Waals surface area contributed by atoms with E-state index in [-0.39, 0.29) is 3.89 Å². The van der Waals surface area contributed by atoms with Crippen molar-refractivity contribution in [2.75, 3.05) is 19.6 Å². The van der Waals surface area contributed by atoms with Gasteiger partial charge in [-0.05, 0) is 20.8 Å². The lowest BCUT2D eigenvalue weighted by molar-refractivity contribution is -0.804. The molecule has 0 aliphatic rings. The van der Waals surface area contributed by atoms with Gasteiger partial charge in [-0.3, -0.25) is 4.55 Å². The monoisotopic (exact) mass is 279 g/mol. The zero-order valence-corrected chi connectivity index (χ0v) is 11.0. The molecule has 8 nitrogen and oxygen atoms in total. The highest BCUT2D eigenvalue weighted by Crippen LogP contribution is 2.11. The van der Waals surface area contributed by atoms with E-state index in [0.29, 0.717) is 19.6 Å². The van der Waals surface area contributed by atoms with Gasteiger partial charge in [0.1, 0.15) is 0 Å². The molecule has 0 aliphatic carbocycles. The molecule has 2 N–H and O–H groups in total. The minimum Gasteiger partial charge on any atom is -0.726 e. The highest BCUT2D eigenvalue weighted by molar-refractivity contribution is 7.80. The summed E-state index contributed by atoms with van der Waals surface area (Å²) in [4.78, 5) is 0. The van der Waals surface area contributed by atoms with Crippen LogP contribution >= 0.6 is 0 Å².